The van der Waals surface area contributed by atoms with Gasteiger partial charge in [0.05, 0.1) is 38.6 Å². The third kappa shape index (κ3) is 4.82. The first-order valence-corrected chi connectivity index (χ1v) is 9.48. The molecule has 6 heteroatoms. The molecule has 1 saturated carbocycles. The van der Waals surface area contributed by atoms with Gasteiger partial charge in [0.25, 0.3) is 0 Å². The highest BCUT2D eigenvalue weighted by Gasteiger charge is 2.53. The Morgan fingerprint density at radius 3 is 2.61 bits per heavy atom. The predicted octanol–water partition coefficient (Wildman–Crippen LogP) is 2.60. The fourth-order valence-corrected chi connectivity index (χ4v) is 3.77. The van der Waals surface area contributed by atoms with Crippen molar-refractivity contribution < 1.29 is 29.2 Å². The number of hydrogen-bond donors (Lipinski definition) is 2. The minimum atomic E-state index is -1.55. The van der Waals surface area contributed by atoms with E-state index in [0.717, 1.165) is 11.6 Å². The van der Waals surface area contributed by atoms with Crippen LogP contribution >= 0.6 is 0 Å². The van der Waals surface area contributed by atoms with E-state index in [-0.39, 0.29) is 31.3 Å². The topological polar surface area (TPSA) is 85.2 Å². The van der Waals surface area contributed by atoms with E-state index >= 15 is 0 Å². The second-order valence-corrected chi connectivity index (χ2v) is 7.08. The SMILES string of the molecule is C=C[C@H]1[C@@H](OCc2ccccc2)[C@H](O)[C@H](C)C[C@]1(O)/C(=C/C(=O)OCC)OC. The van der Waals surface area contributed by atoms with Gasteiger partial charge >= 0.3 is 5.97 Å². The molecule has 1 aromatic carbocycles. The van der Waals surface area contributed by atoms with E-state index in [1.165, 1.54) is 7.11 Å². The van der Waals surface area contributed by atoms with Crippen molar-refractivity contribution in [3.05, 3.63) is 60.4 Å². The van der Waals surface area contributed by atoms with Crippen LogP contribution in [0.3, 0.4) is 0 Å². The normalized spacial score (nSPS) is 30.5. The molecule has 2 N–H and O–H groups in total. The predicted molar refractivity (Wildman–Crippen MR) is 105 cm³/mol. The molecule has 0 spiro atoms. The van der Waals surface area contributed by atoms with Crippen LogP contribution < -0.4 is 0 Å². The molecule has 1 aliphatic rings. The van der Waals surface area contributed by atoms with Gasteiger partial charge in [0.2, 0.25) is 0 Å². The van der Waals surface area contributed by atoms with Crippen LogP contribution in [0.2, 0.25) is 0 Å². The van der Waals surface area contributed by atoms with Crippen LogP contribution in [0.1, 0.15) is 25.8 Å². The highest BCUT2D eigenvalue weighted by molar-refractivity contribution is 5.82. The quantitative estimate of drug-likeness (QED) is 0.307. The van der Waals surface area contributed by atoms with Crippen molar-refractivity contribution in [2.24, 2.45) is 11.8 Å². The van der Waals surface area contributed by atoms with Gasteiger partial charge in [-0.25, -0.2) is 4.79 Å². The highest BCUT2D eigenvalue weighted by atomic mass is 16.5. The molecule has 0 amide bonds. The van der Waals surface area contributed by atoms with Gasteiger partial charge in [0.1, 0.15) is 11.4 Å². The van der Waals surface area contributed by atoms with E-state index in [9.17, 15) is 15.0 Å². The molecule has 5 atom stereocenters. The Morgan fingerprint density at radius 2 is 2.04 bits per heavy atom. The number of hydrogen-bond acceptors (Lipinski definition) is 6. The molecule has 1 aromatic rings. The first kappa shape index (κ1) is 22.1. The summed E-state index contributed by atoms with van der Waals surface area (Å²) < 4.78 is 16.3. The fourth-order valence-electron chi connectivity index (χ4n) is 3.77. The Balaban J connectivity index is 2.32. The number of carbonyl (C=O) groups excluding carboxylic acids is 1. The summed E-state index contributed by atoms with van der Waals surface area (Å²) in [5.74, 6) is -1.50. The maximum absolute atomic E-state index is 11.9. The molecule has 2 rings (SSSR count). The van der Waals surface area contributed by atoms with Crippen molar-refractivity contribution >= 4 is 5.97 Å². The van der Waals surface area contributed by atoms with E-state index in [1.807, 2.05) is 37.3 Å². The lowest BCUT2D eigenvalue weighted by Gasteiger charge is -2.48. The van der Waals surface area contributed by atoms with Gasteiger partial charge in [0.15, 0.2) is 0 Å². The smallest absolute Gasteiger partial charge is 0.334 e. The van der Waals surface area contributed by atoms with Gasteiger partial charge in [-0.1, -0.05) is 43.3 Å². The van der Waals surface area contributed by atoms with Crippen molar-refractivity contribution in [3.8, 4) is 0 Å². The maximum atomic E-state index is 11.9. The Hall–Kier alpha value is -2.15. The minimum Gasteiger partial charge on any atom is -0.498 e. The van der Waals surface area contributed by atoms with Crippen molar-refractivity contribution in [1.29, 1.82) is 0 Å². The van der Waals surface area contributed by atoms with Gasteiger partial charge in [-0.15, -0.1) is 6.58 Å². The molecular formula is C22H30O6. The van der Waals surface area contributed by atoms with Gasteiger partial charge in [-0.3, -0.25) is 0 Å². The van der Waals surface area contributed by atoms with E-state index in [0.29, 0.717) is 0 Å². The third-order valence-electron chi connectivity index (χ3n) is 5.18. The number of ether oxygens (including phenoxy) is 3. The number of aliphatic hydroxyl groups is 2. The van der Waals surface area contributed by atoms with Crippen molar-refractivity contribution in [3.63, 3.8) is 0 Å². The highest BCUT2D eigenvalue weighted by Crippen LogP contribution is 2.44. The number of esters is 1. The van der Waals surface area contributed by atoms with Crippen LogP contribution in [0, 0.1) is 11.8 Å². The summed E-state index contributed by atoms with van der Waals surface area (Å²) in [5.41, 5.74) is -0.600. The lowest BCUT2D eigenvalue weighted by molar-refractivity contribution is -0.176. The first-order chi connectivity index (χ1) is 13.4. The molecule has 154 valence electrons. The van der Waals surface area contributed by atoms with E-state index < -0.39 is 29.7 Å². The summed E-state index contributed by atoms with van der Waals surface area (Å²) in [7, 11) is 1.39. The lowest BCUT2D eigenvalue weighted by atomic mass is 9.67. The average Bonchev–Trinajstić information content (AvgIpc) is 2.68. The summed E-state index contributed by atoms with van der Waals surface area (Å²) in [6, 6.07) is 9.58. The Labute approximate surface area is 166 Å². The Kier molecular flexibility index (Phi) is 7.80. The largest absolute Gasteiger partial charge is 0.498 e. The number of aliphatic hydroxyl groups excluding tert-OH is 1. The molecule has 28 heavy (non-hydrogen) atoms. The van der Waals surface area contributed by atoms with Gasteiger partial charge < -0.3 is 24.4 Å². The van der Waals surface area contributed by atoms with Crippen molar-refractivity contribution in [2.75, 3.05) is 13.7 Å². The molecule has 1 fully saturated rings. The second kappa shape index (κ2) is 9.87. The van der Waals surface area contributed by atoms with Crippen LogP contribution in [-0.4, -0.2) is 47.7 Å². The minimum absolute atomic E-state index is 0.0721. The van der Waals surface area contributed by atoms with E-state index in [1.54, 1.807) is 13.0 Å². The van der Waals surface area contributed by atoms with Crippen LogP contribution in [0.5, 0.6) is 0 Å². The van der Waals surface area contributed by atoms with Gasteiger partial charge in [-0.2, -0.15) is 0 Å². The van der Waals surface area contributed by atoms with Gasteiger partial charge in [0, 0.05) is 5.92 Å². The molecule has 1 aliphatic carbocycles. The summed E-state index contributed by atoms with van der Waals surface area (Å²) in [6.07, 6.45) is 1.37. The van der Waals surface area contributed by atoms with Crippen LogP contribution in [0.25, 0.3) is 0 Å². The zero-order chi connectivity index (χ0) is 20.7. The number of rotatable bonds is 8. The summed E-state index contributed by atoms with van der Waals surface area (Å²) in [5, 5.41) is 22.2. The molecule has 0 heterocycles. The molecule has 6 nitrogen and oxygen atoms in total. The van der Waals surface area contributed by atoms with Crippen LogP contribution in [-0.2, 0) is 25.6 Å². The van der Waals surface area contributed by atoms with E-state index in [2.05, 4.69) is 6.58 Å². The van der Waals surface area contributed by atoms with Gasteiger partial charge in [-0.05, 0) is 24.8 Å². The summed E-state index contributed by atoms with van der Waals surface area (Å²) in [6.45, 7) is 7.85. The monoisotopic (exact) mass is 390 g/mol. The molecular weight excluding hydrogens is 360 g/mol. The zero-order valence-electron chi connectivity index (χ0n) is 16.7. The second-order valence-electron chi connectivity index (χ2n) is 7.08. The first-order valence-electron chi connectivity index (χ1n) is 9.48. The van der Waals surface area contributed by atoms with Crippen LogP contribution in [0.4, 0.5) is 0 Å². The standard InChI is InChI=1S/C22H30O6/c1-5-17-21(28-14-16-10-8-7-9-11-16)20(24)15(3)13-22(17,25)18(26-4)12-19(23)27-6-2/h5,7-12,15,17,20-21,24-25H,1,6,13-14H2,2-4H3/b18-12-/t15-,17+,20-,21-,22-/m1/s1. The maximum Gasteiger partial charge on any atom is 0.334 e. The molecule has 0 unspecified atom stereocenters. The molecule has 0 bridgehead atoms. The average molecular weight is 390 g/mol. The molecule has 0 aliphatic heterocycles. The Bertz CT molecular complexity index is 686. The van der Waals surface area contributed by atoms with Crippen molar-refractivity contribution in [2.45, 2.75) is 44.7 Å². The molecule has 0 saturated heterocycles. The number of methoxy groups -OCH3 is 1. The van der Waals surface area contributed by atoms with E-state index in [4.69, 9.17) is 14.2 Å². The van der Waals surface area contributed by atoms with Crippen LogP contribution in [0.15, 0.2) is 54.8 Å². The Morgan fingerprint density at radius 1 is 1.36 bits per heavy atom. The van der Waals surface area contributed by atoms with Crippen molar-refractivity contribution in [1.82, 2.24) is 0 Å². The lowest BCUT2D eigenvalue weighted by Crippen LogP contribution is -2.58. The summed E-state index contributed by atoms with van der Waals surface area (Å²) in [4.78, 5) is 11.9. The molecule has 0 radical (unpaired) electrons. The number of benzene rings is 1. The zero-order valence-corrected chi connectivity index (χ0v) is 16.7. The summed E-state index contributed by atoms with van der Waals surface area (Å²) >= 11 is 0. The molecule has 0 aromatic heterocycles. The fraction of sp³-hybridized carbons (Fsp3) is 0.500. The number of carbonyl (C=O) groups is 1. The third-order valence-corrected chi connectivity index (χ3v) is 5.18.